The number of nitrogens with zero attached hydrogens (tertiary/aromatic N) is 3. The van der Waals surface area contributed by atoms with Gasteiger partial charge in [-0.1, -0.05) is 6.58 Å². The Balaban J connectivity index is 1.50. The van der Waals surface area contributed by atoms with E-state index >= 15 is 0 Å². The number of carbonyl (C=O) groups is 1. The molecule has 2 fully saturated rings. The maximum absolute atomic E-state index is 12.1. The first-order chi connectivity index (χ1) is 13.1. The standard InChI is InChI=1S/C20H29N5O2/c1-4-17(26)25-9-14(6-5-12(25)2)24-20-18-16(15-7-13(15)10-27-3)8-21-19(18)22-11-23-20/h4,11-16H,1,5-10H2,2-3H3,(H2,21,22,23,24)/t12-,13+,14+,15-,16?/m0/s1. The first-order valence-electron chi connectivity index (χ1n) is 9.89. The van der Waals surface area contributed by atoms with Gasteiger partial charge in [-0.05, 0) is 44.1 Å². The minimum absolute atomic E-state index is 0.00171. The maximum Gasteiger partial charge on any atom is 0.246 e. The molecule has 0 aromatic carbocycles. The number of rotatable bonds is 6. The lowest BCUT2D eigenvalue weighted by molar-refractivity contribution is -0.129. The highest BCUT2D eigenvalue weighted by Crippen LogP contribution is 2.53. The van der Waals surface area contributed by atoms with Crippen LogP contribution in [0.1, 0.15) is 37.7 Å². The van der Waals surface area contributed by atoms with Gasteiger partial charge >= 0.3 is 0 Å². The fraction of sp³-hybridized carbons (Fsp3) is 0.650. The van der Waals surface area contributed by atoms with Gasteiger partial charge in [0, 0.05) is 50.4 Å². The average Bonchev–Trinajstić information content (AvgIpc) is 3.30. The van der Waals surface area contributed by atoms with Crippen molar-refractivity contribution >= 4 is 17.5 Å². The molecule has 0 radical (unpaired) electrons. The number of amides is 1. The van der Waals surface area contributed by atoms with Crippen molar-refractivity contribution in [1.82, 2.24) is 14.9 Å². The zero-order chi connectivity index (χ0) is 19.0. The van der Waals surface area contributed by atoms with E-state index in [1.54, 1.807) is 13.4 Å². The Bertz CT molecular complexity index is 724. The fourth-order valence-corrected chi connectivity index (χ4v) is 4.69. The molecule has 0 bridgehead atoms. The summed E-state index contributed by atoms with van der Waals surface area (Å²) >= 11 is 0. The minimum atomic E-state index is 0.00171. The van der Waals surface area contributed by atoms with Crippen molar-refractivity contribution in [2.45, 2.75) is 44.2 Å². The highest BCUT2D eigenvalue weighted by Gasteiger charge is 2.47. The summed E-state index contributed by atoms with van der Waals surface area (Å²) in [6.07, 6.45) is 6.23. The van der Waals surface area contributed by atoms with E-state index in [0.717, 1.165) is 37.6 Å². The lowest BCUT2D eigenvalue weighted by Crippen LogP contribution is -2.49. The zero-order valence-corrected chi connectivity index (χ0v) is 16.1. The normalized spacial score (nSPS) is 31.8. The van der Waals surface area contributed by atoms with Crippen LogP contribution in [0.3, 0.4) is 0 Å². The molecule has 4 rings (SSSR count). The van der Waals surface area contributed by atoms with Gasteiger partial charge in [0.25, 0.3) is 0 Å². The predicted octanol–water partition coefficient (Wildman–Crippen LogP) is 2.25. The lowest BCUT2D eigenvalue weighted by atomic mass is 9.95. The minimum Gasteiger partial charge on any atom is -0.384 e. The van der Waals surface area contributed by atoms with Gasteiger partial charge in [-0.3, -0.25) is 4.79 Å². The van der Waals surface area contributed by atoms with E-state index < -0.39 is 0 Å². The highest BCUT2D eigenvalue weighted by atomic mass is 16.5. The molecule has 146 valence electrons. The number of methoxy groups -OCH3 is 1. The fourth-order valence-electron chi connectivity index (χ4n) is 4.69. The van der Waals surface area contributed by atoms with E-state index in [2.05, 4.69) is 34.1 Å². The van der Waals surface area contributed by atoms with Crippen molar-refractivity contribution in [1.29, 1.82) is 0 Å². The number of piperidine rings is 1. The quantitative estimate of drug-likeness (QED) is 0.747. The Labute approximate surface area is 160 Å². The maximum atomic E-state index is 12.1. The third-order valence-corrected chi connectivity index (χ3v) is 6.30. The molecule has 3 heterocycles. The van der Waals surface area contributed by atoms with Gasteiger partial charge in [0.05, 0.1) is 0 Å². The van der Waals surface area contributed by atoms with E-state index in [1.165, 1.54) is 18.1 Å². The van der Waals surface area contributed by atoms with Crippen LogP contribution >= 0.6 is 0 Å². The van der Waals surface area contributed by atoms with Crippen LogP contribution in [0.15, 0.2) is 19.0 Å². The number of ether oxygens (including phenoxy) is 1. The second kappa shape index (κ2) is 7.46. The van der Waals surface area contributed by atoms with Crippen LogP contribution in [-0.4, -0.2) is 59.7 Å². The van der Waals surface area contributed by atoms with Gasteiger partial charge < -0.3 is 20.3 Å². The van der Waals surface area contributed by atoms with Crippen LogP contribution in [0.25, 0.3) is 0 Å². The first kappa shape index (κ1) is 18.2. The molecule has 1 unspecified atom stereocenters. The molecule has 1 saturated carbocycles. The number of hydrogen-bond acceptors (Lipinski definition) is 6. The largest absolute Gasteiger partial charge is 0.384 e. The third-order valence-electron chi connectivity index (χ3n) is 6.30. The van der Waals surface area contributed by atoms with E-state index in [9.17, 15) is 4.79 Å². The summed E-state index contributed by atoms with van der Waals surface area (Å²) in [6.45, 7) is 8.15. The number of nitrogens with one attached hydrogen (secondary N) is 2. The van der Waals surface area contributed by atoms with Crippen LogP contribution in [0.4, 0.5) is 11.6 Å². The monoisotopic (exact) mass is 371 g/mol. The Hall–Kier alpha value is -2.15. The van der Waals surface area contributed by atoms with Crippen LogP contribution in [-0.2, 0) is 9.53 Å². The number of fused-ring (bicyclic) bond motifs is 1. The van der Waals surface area contributed by atoms with Gasteiger partial charge in [-0.25, -0.2) is 9.97 Å². The van der Waals surface area contributed by atoms with Gasteiger partial charge in [0.1, 0.15) is 18.0 Å². The molecule has 1 aromatic heterocycles. The number of anilines is 2. The van der Waals surface area contributed by atoms with Crippen LogP contribution in [0.2, 0.25) is 0 Å². The van der Waals surface area contributed by atoms with Crippen molar-refractivity contribution < 1.29 is 9.53 Å². The van der Waals surface area contributed by atoms with Crippen molar-refractivity contribution in [3.63, 3.8) is 0 Å². The molecule has 1 saturated heterocycles. The first-order valence-corrected chi connectivity index (χ1v) is 9.89. The summed E-state index contributed by atoms with van der Waals surface area (Å²) in [7, 11) is 1.77. The third kappa shape index (κ3) is 3.52. The van der Waals surface area contributed by atoms with Gasteiger partial charge in [-0.15, -0.1) is 0 Å². The van der Waals surface area contributed by atoms with Crippen LogP contribution in [0.5, 0.6) is 0 Å². The molecule has 7 heteroatoms. The summed E-state index contributed by atoms with van der Waals surface area (Å²) in [6, 6.07) is 0.444. The summed E-state index contributed by atoms with van der Waals surface area (Å²) < 4.78 is 5.34. The van der Waals surface area contributed by atoms with Gasteiger partial charge in [0.2, 0.25) is 5.91 Å². The Morgan fingerprint density at radius 2 is 2.33 bits per heavy atom. The molecule has 7 nitrogen and oxygen atoms in total. The molecule has 27 heavy (non-hydrogen) atoms. The molecule has 1 aromatic rings. The molecule has 1 aliphatic carbocycles. The number of likely N-dealkylation sites (tertiary alicyclic amines) is 1. The lowest BCUT2D eigenvalue weighted by Gasteiger charge is -2.38. The SMILES string of the molecule is C=CC(=O)N1C[C@H](Nc2ncnc3c2C([C@H]2C[C@@H]2COC)CN3)CC[C@@H]1C. The molecule has 2 aliphatic heterocycles. The second-order valence-electron chi connectivity index (χ2n) is 8.05. The summed E-state index contributed by atoms with van der Waals surface area (Å²) in [5, 5.41) is 7.06. The Morgan fingerprint density at radius 1 is 1.48 bits per heavy atom. The molecule has 2 N–H and O–H groups in total. The summed E-state index contributed by atoms with van der Waals surface area (Å²) in [5.41, 5.74) is 1.21. The molecular formula is C20H29N5O2. The molecule has 1 amide bonds. The Morgan fingerprint density at radius 3 is 3.11 bits per heavy atom. The average molecular weight is 371 g/mol. The van der Waals surface area contributed by atoms with E-state index in [1.807, 2.05) is 4.90 Å². The Kier molecular flexibility index (Phi) is 5.04. The highest BCUT2D eigenvalue weighted by molar-refractivity contribution is 5.87. The van der Waals surface area contributed by atoms with Crippen molar-refractivity contribution in [2.24, 2.45) is 11.8 Å². The second-order valence-corrected chi connectivity index (χ2v) is 8.05. The smallest absolute Gasteiger partial charge is 0.246 e. The van der Waals surface area contributed by atoms with Gasteiger partial charge in [-0.2, -0.15) is 0 Å². The summed E-state index contributed by atoms with van der Waals surface area (Å²) in [5.74, 6) is 3.57. The topological polar surface area (TPSA) is 79.4 Å². The summed E-state index contributed by atoms with van der Waals surface area (Å²) in [4.78, 5) is 23.1. The number of aromatic nitrogens is 2. The van der Waals surface area contributed by atoms with E-state index in [0.29, 0.717) is 24.3 Å². The van der Waals surface area contributed by atoms with E-state index in [-0.39, 0.29) is 18.0 Å². The van der Waals surface area contributed by atoms with Crippen LogP contribution < -0.4 is 10.6 Å². The van der Waals surface area contributed by atoms with Crippen molar-refractivity contribution in [3.8, 4) is 0 Å². The number of carbonyl (C=O) groups excluding carboxylic acids is 1. The number of hydrogen-bond donors (Lipinski definition) is 2. The van der Waals surface area contributed by atoms with E-state index in [4.69, 9.17) is 4.74 Å². The van der Waals surface area contributed by atoms with Crippen molar-refractivity contribution in [2.75, 3.05) is 37.4 Å². The van der Waals surface area contributed by atoms with Crippen molar-refractivity contribution in [3.05, 3.63) is 24.5 Å². The molecule has 0 spiro atoms. The zero-order valence-electron chi connectivity index (χ0n) is 16.1. The van der Waals surface area contributed by atoms with Crippen LogP contribution in [0, 0.1) is 11.8 Å². The molecule has 5 atom stereocenters. The predicted molar refractivity (Wildman–Crippen MR) is 105 cm³/mol. The van der Waals surface area contributed by atoms with Gasteiger partial charge in [0.15, 0.2) is 0 Å². The molecular weight excluding hydrogens is 342 g/mol. The molecule has 3 aliphatic rings.